The van der Waals surface area contributed by atoms with Crippen molar-refractivity contribution in [1.82, 2.24) is 0 Å². The molecule has 226 valence electrons. The van der Waals surface area contributed by atoms with Gasteiger partial charge in [-0.15, -0.1) is 0 Å². The van der Waals surface area contributed by atoms with Crippen molar-refractivity contribution in [3.63, 3.8) is 0 Å². The van der Waals surface area contributed by atoms with Gasteiger partial charge in [-0.2, -0.15) is 0 Å². The maximum Gasteiger partial charge on any atom is 0.144 e. The molecule has 0 saturated carbocycles. The van der Waals surface area contributed by atoms with E-state index < -0.39 is 0 Å². The Hall–Kier alpha value is -6.38. The molecule has 0 unspecified atom stereocenters. The lowest BCUT2D eigenvalue weighted by Crippen LogP contribution is -2.12. The largest absolute Gasteiger partial charge is 0.455 e. The third-order valence-corrected chi connectivity index (χ3v) is 9.24. The second-order valence-electron chi connectivity index (χ2n) is 12.1. The predicted octanol–water partition coefficient (Wildman–Crippen LogP) is 13.2. The molecule has 0 atom stereocenters. The van der Waals surface area contributed by atoms with E-state index in [1.165, 1.54) is 22.3 Å². The van der Waals surface area contributed by atoms with Gasteiger partial charge in [-0.05, 0) is 58.1 Å². The summed E-state index contributed by atoms with van der Waals surface area (Å²) in [5.41, 5.74) is 12.1. The van der Waals surface area contributed by atoms with Gasteiger partial charge in [-0.3, -0.25) is 0 Å². The number of hydrogen-bond donors (Lipinski definition) is 0. The molecule has 1 aromatic heterocycles. The highest BCUT2D eigenvalue weighted by molar-refractivity contribution is 6.27. The first-order valence-electron chi connectivity index (χ1n) is 16.4. The zero-order chi connectivity index (χ0) is 31.9. The highest BCUT2D eigenvalue weighted by Crippen LogP contribution is 2.52. The molecule has 0 fully saturated rings. The van der Waals surface area contributed by atoms with E-state index in [1.54, 1.807) is 0 Å². The lowest BCUT2D eigenvalue weighted by Gasteiger charge is -2.30. The molecule has 9 aromatic rings. The number of nitrogens with zero attached hydrogens (tertiary/aromatic N) is 1. The summed E-state index contributed by atoms with van der Waals surface area (Å²) in [6.07, 6.45) is 0. The second-order valence-corrected chi connectivity index (χ2v) is 12.1. The quantitative estimate of drug-likeness (QED) is 0.185. The standard InChI is InChI=1S/C46H31NO/c1-4-15-32(16-5-1)34-27-29-37(30-28-34)47(38-22-14-21-36(31-38)33-17-6-2-7-18-33)45-39-23-10-11-24-40(39)46-44(41-25-12-13-26-42(41)48-46)43(45)35-19-8-3-9-20-35/h1-31H. The molecule has 0 radical (unpaired) electrons. The number of hydrogen-bond acceptors (Lipinski definition) is 2. The van der Waals surface area contributed by atoms with Crippen molar-refractivity contribution in [3.05, 3.63) is 188 Å². The van der Waals surface area contributed by atoms with Crippen molar-refractivity contribution in [1.29, 1.82) is 0 Å². The van der Waals surface area contributed by atoms with Gasteiger partial charge in [0.2, 0.25) is 0 Å². The van der Waals surface area contributed by atoms with Crippen LogP contribution in [0.15, 0.2) is 192 Å². The number of anilines is 3. The maximum absolute atomic E-state index is 6.70. The molecule has 0 aliphatic rings. The minimum Gasteiger partial charge on any atom is -0.455 e. The van der Waals surface area contributed by atoms with Crippen molar-refractivity contribution in [2.24, 2.45) is 0 Å². The van der Waals surface area contributed by atoms with E-state index in [2.05, 4.69) is 187 Å². The van der Waals surface area contributed by atoms with Gasteiger partial charge in [0.1, 0.15) is 11.2 Å². The third kappa shape index (κ3) is 4.74. The molecule has 9 rings (SSSR count). The SMILES string of the molecule is c1ccc(-c2ccc(N(c3cccc(-c4ccccc4)c3)c3c(-c4ccccc4)c4c5ccccc5oc4c4ccccc34)cc2)cc1. The van der Waals surface area contributed by atoms with Crippen molar-refractivity contribution < 1.29 is 4.42 Å². The van der Waals surface area contributed by atoms with Gasteiger partial charge in [-0.25, -0.2) is 0 Å². The van der Waals surface area contributed by atoms with Crippen LogP contribution >= 0.6 is 0 Å². The predicted molar refractivity (Wildman–Crippen MR) is 202 cm³/mol. The molecule has 0 N–H and O–H groups in total. The summed E-state index contributed by atoms with van der Waals surface area (Å²) >= 11 is 0. The first kappa shape index (κ1) is 27.9. The average Bonchev–Trinajstić information content (AvgIpc) is 3.56. The number of rotatable bonds is 6. The minimum absolute atomic E-state index is 0.886. The van der Waals surface area contributed by atoms with E-state index in [-0.39, 0.29) is 0 Å². The summed E-state index contributed by atoms with van der Waals surface area (Å²) in [6, 6.07) is 66.8. The van der Waals surface area contributed by atoms with Crippen LogP contribution in [0.4, 0.5) is 17.1 Å². The monoisotopic (exact) mass is 613 g/mol. The zero-order valence-corrected chi connectivity index (χ0v) is 26.3. The van der Waals surface area contributed by atoms with Crippen LogP contribution in [0.1, 0.15) is 0 Å². The smallest absolute Gasteiger partial charge is 0.144 e. The van der Waals surface area contributed by atoms with Crippen LogP contribution in [0.25, 0.3) is 66.1 Å². The Morgan fingerprint density at radius 1 is 0.354 bits per heavy atom. The van der Waals surface area contributed by atoms with Gasteiger partial charge >= 0.3 is 0 Å². The van der Waals surface area contributed by atoms with E-state index in [9.17, 15) is 0 Å². The fourth-order valence-corrected chi connectivity index (χ4v) is 7.04. The molecule has 1 heterocycles. The van der Waals surface area contributed by atoms with Crippen molar-refractivity contribution in [2.45, 2.75) is 0 Å². The number of para-hydroxylation sites is 1. The summed E-state index contributed by atoms with van der Waals surface area (Å²) in [4.78, 5) is 2.44. The van der Waals surface area contributed by atoms with Crippen molar-refractivity contribution >= 4 is 49.8 Å². The molecule has 2 nitrogen and oxygen atoms in total. The van der Waals surface area contributed by atoms with Crippen molar-refractivity contribution in [3.8, 4) is 33.4 Å². The maximum atomic E-state index is 6.70. The molecular weight excluding hydrogens is 583 g/mol. The van der Waals surface area contributed by atoms with E-state index in [0.717, 1.165) is 60.9 Å². The summed E-state index contributed by atoms with van der Waals surface area (Å²) in [6.45, 7) is 0. The summed E-state index contributed by atoms with van der Waals surface area (Å²) < 4.78 is 6.70. The third-order valence-electron chi connectivity index (χ3n) is 9.24. The summed E-state index contributed by atoms with van der Waals surface area (Å²) in [5, 5.41) is 4.44. The van der Waals surface area contributed by atoms with Gasteiger partial charge in [0.25, 0.3) is 0 Å². The fraction of sp³-hybridized carbons (Fsp3) is 0. The Balaban J connectivity index is 1.40. The minimum atomic E-state index is 0.886. The zero-order valence-electron chi connectivity index (χ0n) is 26.3. The molecule has 0 saturated heterocycles. The normalized spacial score (nSPS) is 11.3. The number of benzene rings is 8. The molecule has 8 aromatic carbocycles. The molecule has 0 spiro atoms. The molecule has 0 aliphatic heterocycles. The Morgan fingerprint density at radius 3 is 1.56 bits per heavy atom. The van der Waals surface area contributed by atoms with Gasteiger partial charge in [0, 0.05) is 38.5 Å². The van der Waals surface area contributed by atoms with Gasteiger partial charge in [0.05, 0.1) is 5.69 Å². The lowest BCUT2D eigenvalue weighted by molar-refractivity contribution is 0.673. The van der Waals surface area contributed by atoms with Crippen LogP contribution in [0, 0.1) is 0 Å². The van der Waals surface area contributed by atoms with Gasteiger partial charge < -0.3 is 9.32 Å². The lowest BCUT2D eigenvalue weighted by atomic mass is 9.91. The molecule has 2 heteroatoms. The average molecular weight is 614 g/mol. The van der Waals surface area contributed by atoms with Crippen LogP contribution in [0.3, 0.4) is 0 Å². The highest BCUT2D eigenvalue weighted by atomic mass is 16.3. The van der Waals surface area contributed by atoms with E-state index in [4.69, 9.17) is 4.42 Å². The summed E-state index contributed by atoms with van der Waals surface area (Å²) in [5.74, 6) is 0. The first-order valence-corrected chi connectivity index (χ1v) is 16.4. The Bertz CT molecular complexity index is 2530. The Morgan fingerprint density at radius 2 is 0.875 bits per heavy atom. The number of fused-ring (bicyclic) bond motifs is 5. The van der Waals surface area contributed by atoms with Crippen LogP contribution < -0.4 is 4.90 Å². The van der Waals surface area contributed by atoms with Crippen LogP contribution in [-0.4, -0.2) is 0 Å². The molecule has 48 heavy (non-hydrogen) atoms. The number of furan rings is 1. The van der Waals surface area contributed by atoms with Crippen LogP contribution in [0.5, 0.6) is 0 Å². The molecule has 0 amide bonds. The summed E-state index contributed by atoms with van der Waals surface area (Å²) in [7, 11) is 0. The van der Waals surface area contributed by atoms with Gasteiger partial charge in [0.15, 0.2) is 0 Å². The Kier molecular flexibility index (Phi) is 6.84. The molecular formula is C46H31NO. The second kappa shape index (κ2) is 11.8. The first-order chi connectivity index (χ1) is 23.8. The highest BCUT2D eigenvalue weighted by Gasteiger charge is 2.26. The topological polar surface area (TPSA) is 16.4 Å². The Labute approximate surface area is 279 Å². The van der Waals surface area contributed by atoms with E-state index >= 15 is 0 Å². The van der Waals surface area contributed by atoms with Crippen LogP contribution in [-0.2, 0) is 0 Å². The van der Waals surface area contributed by atoms with E-state index in [1.807, 2.05) is 6.07 Å². The fourth-order valence-electron chi connectivity index (χ4n) is 7.04. The van der Waals surface area contributed by atoms with Crippen LogP contribution in [0.2, 0.25) is 0 Å². The van der Waals surface area contributed by atoms with Gasteiger partial charge in [-0.1, -0.05) is 158 Å². The van der Waals surface area contributed by atoms with Crippen molar-refractivity contribution in [2.75, 3.05) is 4.90 Å². The molecule has 0 aliphatic carbocycles. The van der Waals surface area contributed by atoms with E-state index in [0.29, 0.717) is 0 Å². The molecule has 0 bridgehead atoms.